The lowest BCUT2D eigenvalue weighted by atomic mass is 10.1. The highest BCUT2D eigenvalue weighted by atomic mass is 16.5. The number of hydrogen-bond acceptors (Lipinski definition) is 5. The number of amides is 1. The van der Waals surface area contributed by atoms with Gasteiger partial charge >= 0.3 is 0 Å². The summed E-state index contributed by atoms with van der Waals surface area (Å²) >= 11 is 0. The van der Waals surface area contributed by atoms with E-state index in [1.54, 1.807) is 0 Å². The minimum atomic E-state index is -0.507. The van der Waals surface area contributed by atoms with Crippen LogP contribution in [0.15, 0.2) is 48.5 Å². The number of rotatable bonds is 4. The van der Waals surface area contributed by atoms with Gasteiger partial charge in [-0.05, 0) is 47.0 Å². The normalized spacial score (nSPS) is 18.2. The maximum atomic E-state index is 12.6. The molecule has 1 fully saturated rings. The van der Waals surface area contributed by atoms with Gasteiger partial charge in [0.05, 0.1) is 6.04 Å². The van der Waals surface area contributed by atoms with Crippen molar-refractivity contribution < 1.29 is 9.53 Å². The van der Waals surface area contributed by atoms with Crippen LogP contribution in [0, 0.1) is 0 Å². The highest BCUT2D eigenvalue weighted by Gasteiger charge is 2.30. The first kappa shape index (κ1) is 15.1. The lowest BCUT2D eigenvalue weighted by Gasteiger charge is -2.12. The molecule has 0 bridgehead atoms. The van der Waals surface area contributed by atoms with Crippen LogP contribution >= 0.6 is 0 Å². The van der Waals surface area contributed by atoms with E-state index < -0.39 is 6.10 Å². The Kier molecular flexibility index (Phi) is 3.44. The van der Waals surface area contributed by atoms with Gasteiger partial charge in [-0.1, -0.05) is 30.3 Å². The molecule has 2 aliphatic rings. The van der Waals surface area contributed by atoms with Crippen molar-refractivity contribution in [3.8, 4) is 17.1 Å². The van der Waals surface area contributed by atoms with Crippen molar-refractivity contribution in [1.82, 2.24) is 20.2 Å². The molecule has 7 heteroatoms. The summed E-state index contributed by atoms with van der Waals surface area (Å²) in [5.74, 6) is 1.36. The fourth-order valence-corrected chi connectivity index (χ4v) is 3.24. The second-order valence-corrected chi connectivity index (χ2v) is 6.67. The summed E-state index contributed by atoms with van der Waals surface area (Å²) in [6, 6.07) is 15.7. The Balaban J connectivity index is 1.34. The minimum absolute atomic E-state index is 0.153. The lowest BCUT2D eigenvalue weighted by Crippen LogP contribution is -2.31. The van der Waals surface area contributed by atoms with Crippen molar-refractivity contribution in [2.24, 2.45) is 0 Å². The summed E-state index contributed by atoms with van der Waals surface area (Å²) in [6.45, 7) is 0. The maximum absolute atomic E-state index is 12.6. The van der Waals surface area contributed by atoms with Crippen LogP contribution in [-0.2, 0) is 11.2 Å². The molecule has 1 saturated carbocycles. The van der Waals surface area contributed by atoms with Crippen molar-refractivity contribution in [2.45, 2.75) is 31.4 Å². The topological polar surface area (TPSA) is 81.9 Å². The second kappa shape index (κ2) is 5.94. The first-order valence-corrected chi connectivity index (χ1v) is 8.72. The van der Waals surface area contributed by atoms with Crippen LogP contribution in [0.25, 0.3) is 11.4 Å². The largest absolute Gasteiger partial charge is 0.480 e. The number of hydrogen-bond donors (Lipinski definition) is 1. The van der Waals surface area contributed by atoms with Crippen LogP contribution in [0.2, 0.25) is 0 Å². The number of carbonyl (C=O) groups excluding carboxylic acids is 1. The van der Waals surface area contributed by atoms with Crippen molar-refractivity contribution >= 4 is 11.6 Å². The molecule has 2 aromatic carbocycles. The number of ether oxygens (including phenoxy) is 1. The third-order valence-corrected chi connectivity index (χ3v) is 4.71. The quantitative estimate of drug-likeness (QED) is 0.784. The zero-order valence-corrected chi connectivity index (χ0v) is 14.0. The highest BCUT2D eigenvalue weighted by Crippen LogP contribution is 2.37. The van der Waals surface area contributed by atoms with Crippen LogP contribution in [0.4, 0.5) is 5.69 Å². The summed E-state index contributed by atoms with van der Waals surface area (Å²) in [5, 5.41) is 15.0. The Morgan fingerprint density at radius 1 is 1.15 bits per heavy atom. The van der Waals surface area contributed by atoms with Crippen molar-refractivity contribution in [3.05, 3.63) is 54.1 Å². The van der Waals surface area contributed by atoms with Gasteiger partial charge in [0, 0.05) is 17.7 Å². The van der Waals surface area contributed by atoms with Gasteiger partial charge in [-0.25, -0.2) is 4.68 Å². The highest BCUT2D eigenvalue weighted by molar-refractivity contribution is 5.95. The number of nitrogens with one attached hydrogen (secondary N) is 1. The second-order valence-electron chi connectivity index (χ2n) is 6.67. The molecule has 2 heterocycles. The summed E-state index contributed by atoms with van der Waals surface area (Å²) < 4.78 is 7.61. The number of carbonyl (C=O) groups is 1. The number of fused-ring (bicyclic) bond motifs is 1. The van der Waals surface area contributed by atoms with Gasteiger partial charge in [-0.15, -0.1) is 5.10 Å². The van der Waals surface area contributed by atoms with E-state index in [1.807, 2.05) is 53.2 Å². The lowest BCUT2D eigenvalue weighted by molar-refractivity contribution is -0.122. The smallest absolute Gasteiger partial charge is 0.265 e. The number of para-hydroxylation sites is 1. The Morgan fingerprint density at radius 2 is 2.04 bits per heavy atom. The van der Waals surface area contributed by atoms with E-state index in [0.29, 0.717) is 18.2 Å². The molecule has 5 rings (SSSR count). The number of benzene rings is 2. The molecule has 1 amide bonds. The predicted octanol–water partition coefficient (Wildman–Crippen LogP) is 2.62. The van der Waals surface area contributed by atoms with E-state index in [-0.39, 0.29) is 5.91 Å². The molecule has 0 unspecified atom stereocenters. The summed E-state index contributed by atoms with van der Waals surface area (Å²) in [7, 11) is 0. The molecule has 1 N–H and O–H groups in total. The van der Waals surface area contributed by atoms with Gasteiger partial charge in [0.15, 0.2) is 11.9 Å². The van der Waals surface area contributed by atoms with Gasteiger partial charge in [-0.3, -0.25) is 4.79 Å². The molecule has 1 aliphatic heterocycles. The third-order valence-electron chi connectivity index (χ3n) is 4.71. The molecule has 0 radical (unpaired) electrons. The van der Waals surface area contributed by atoms with E-state index in [4.69, 9.17) is 4.74 Å². The molecule has 130 valence electrons. The number of aromatic nitrogens is 4. The molecule has 7 nitrogen and oxygen atoms in total. The van der Waals surface area contributed by atoms with Crippen LogP contribution in [-0.4, -0.2) is 32.2 Å². The minimum Gasteiger partial charge on any atom is -0.480 e. The molecule has 0 saturated heterocycles. The molecular weight excluding hydrogens is 330 g/mol. The third kappa shape index (κ3) is 2.71. The van der Waals surface area contributed by atoms with Crippen LogP contribution < -0.4 is 10.1 Å². The zero-order valence-electron chi connectivity index (χ0n) is 14.0. The Labute approximate surface area is 150 Å². The van der Waals surface area contributed by atoms with Crippen molar-refractivity contribution in [3.63, 3.8) is 0 Å². The molecule has 1 aliphatic carbocycles. The first-order valence-electron chi connectivity index (χ1n) is 8.72. The van der Waals surface area contributed by atoms with Gasteiger partial charge in [-0.2, -0.15) is 0 Å². The molecule has 0 spiro atoms. The van der Waals surface area contributed by atoms with Crippen LogP contribution in [0.5, 0.6) is 5.75 Å². The number of anilines is 1. The molecule has 3 aromatic rings. The van der Waals surface area contributed by atoms with E-state index in [9.17, 15) is 4.79 Å². The van der Waals surface area contributed by atoms with Gasteiger partial charge < -0.3 is 10.1 Å². The Morgan fingerprint density at radius 3 is 2.88 bits per heavy atom. The Hall–Kier alpha value is -3.22. The van der Waals surface area contributed by atoms with Crippen LogP contribution in [0.3, 0.4) is 0 Å². The van der Waals surface area contributed by atoms with Gasteiger partial charge in [0.25, 0.3) is 5.91 Å². The number of tetrazole rings is 1. The standard InChI is InChI=1S/C19H17N5O2/c25-19(17-11-12-4-1-2-7-16(12)26-17)20-14-6-3-5-13(10-14)18-21-22-23-24(18)15-8-9-15/h1-7,10,15,17H,8-9,11H2,(H,20,25)/t17-/m1/s1. The summed E-state index contributed by atoms with van der Waals surface area (Å²) in [6.07, 6.45) is 2.29. The summed E-state index contributed by atoms with van der Waals surface area (Å²) in [5.41, 5.74) is 2.65. The maximum Gasteiger partial charge on any atom is 0.265 e. The fraction of sp³-hybridized carbons (Fsp3) is 0.263. The molecular formula is C19H17N5O2. The zero-order chi connectivity index (χ0) is 17.5. The molecule has 1 atom stereocenters. The van der Waals surface area contributed by atoms with E-state index in [0.717, 1.165) is 35.5 Å². The monoisotopic (exact) mass is 347 g/mol. The van der Waals surface area contributed by atoms with E-state index >= 15 is 0 Å². The van der Waals surface area contributed by atoms with Gasteiger partial charge in [0.2, 0.25) is 0 Å². The average molecular weight is 347 g/mol. The Bertz CT molecular complexity index is 954. The predicted molar refractivity (Wildman–Crippen MR) is 94.7 cm³/mol. The first-order chi connectivity index (χ1) is 12.8. The fourth-order valence-electron chi connectivity index (χ4n) is 3.24. The van der Waals surface area contributed by atoms with E-state index in [1.165, 1.54) is 0 Å². The summed E-state index contributed by atoms with van der Waals surface area (Å²) in [4.78, 5) is 12.6. The molecule has 1 aromatic heterocycles. The van der Waals surface area contributed by atoms with Crippen molar-refractivity contribution in [2.75, 3.05) is 5.32 Å². The van der Waals surface area contributed by atoms with Crippen molar-refractivity contribution in [1.29, 1.82) is 0 Å². The van der Waals surface area contributed by atoms with Crippen LogP contribution in [0.1, 0.15) is 24.4 Å². The van der Waals surface area contributed by atoms with E-state index in [2.05, 4.69) is 20.8 Å². The SMILES string of the molecule is O=C(Nc1cccc(-c2nnnn2C2CC2)c1)[C@H]1Cc2ccccc2O1. The number of nitrogens with zero attached hydrogens (tertiary/aromatic N) is 4. The van der Waals surface area contributed by atoms with Gasteiger partial charge in [0.1, 0.15) is 5.75 Å². The average Bonchev–Trinajstić information content (AvgIpc) is 3.22. The molecule has 26 heavy (non-hydrogen) atoms.